The molecule has 4 aromatic carbocycles. The molecule has 1 unspecified atom stereocenters. The SMILES string of the molecule is Cc1cc(Br)cc2c1C(O)(c1ccccc1-c1ccccc1)Nc1ccccc1N2C. The Labute approximate surface area is 191 Å². The molecule has 0 radical (unpaired) electrons. The minimum atomic E-state index is -1.42. The van der Waals surface area contributed by atoms with Crippen LogP contribution >= 0.6 is 15.9 Å². The third-order valence-corrected chi connectivity index (χ3v) is 6.44. The van der Waals surface area contributed by atoms with Crippen LogP contribution in [0.2, 0.25) is 0 Å². The average molecular weight is 471 g/mol. The molecule has 154 valence electrons. The molecule has 0 aliphatic carbocycles. The third kappa shape index (κ3) is 3.23. The van der Waals surface area contributed by atoms with Gasteiger partial charge in [0.25, 0.3) is 0 Å². The van der Waals surface area contributed by atoms with Crippen molar-refractivity contribution in [3.63, 3.8) is 0 Å². The normalized spacial score (nSPS) is 17.4. The van der Waals surface area contributed by atoms with Crippen LogP contribution in [0.4, 0.5) is 17.1 Å². The van der Waals surface area contributed by atoms with E-state index in [0.29, 0.717) is 0 Å². The quantitative estimate of drug-likeness (QED) is 0.337. The zero-order valence-electron chi connectivity index (χ0n) is 17.4. The highest BCUT2D eigenvalue weighted by Gasteiger charge is 2.41. The van der Waals surface area contributed by atoms with Gasteiger partial charge in [-0.15, -0.1) is 0 Å². The number of aliphatic hydroxyl groups is 1. The molecule has 1 heterocycles. The van der Waals surface area contributed by atoms with Crippen LogP contribution in [0.3, 0.4) is 0 Å². The molecule has 31 heavy (non-hydrogen) atoms. The molecule has 2 N–H and O–H groups in total. The number of hydrogen-bond donors (Lipinski definition) is 2. The van der Waals surface area contributed by atoms with Gasteiger partial charge >= 0.3 is 0 Å². The zero-order valence-corrected chi connectivity index (χ0v) is 19.0. The number of nitrogens with zero attached hydrogens (tertiary/aromatic N) is 1. The molecule has 5 rings (SSSR count). The smallest absolute Gasteiger partial charge is 0.191 e. The maximum Gasteiger partial charge on any atom is 0.191 e. The van der Waals surface area contributed by atoms with E-state index < -0.39 is 5.72 Å². The zero-order chi connectivity index (χ0) is 21.6. The summed E-state index contributed by atoms with van der Waals surface area (Å²) in [7, 11) is 2.04. The average Bonchev–Trinajstić information content (AvgIpc) is 2.88. The summed E-state index contributed by atoms with van der Waals surface area (Å²) in [6, 6.07) is 30.5. The summed E-state index contributed by atoms with van der Waals surface area (Å²) < 4.78 is 0.980. The third-order valence-electron chi connectivity index (χ3n) is 5.99. The van der Waals surface area contributed by atoms with E-state index in [4.69, 9.17) is 0 Å². The number of nitrogens with one attached hydrogen (secondary N) is 1. The van der Waals surface area contributed by atoms with E-state index >= 15 is 0 Å². The highest BCUT2D eigenvalue weighted by molar-refractivity contribution is 9.10. The first-order valence-corrected chi connectivity index (χ1v) is 11.1. The number of aryl methyl sites for hydroxylation is 1. The fourth-order valence-corrected chi connectivity index (χ4v) is 5.15. The van der Waals surface area contributed by atoms with Crippen molar-refractivity contribution in [2.75, 3.05) is 17.3 Å². The lowest BCUT2D eigenvalue weighted by molar-refractivity contribution is 0.113. The summed E-state index contributed by atoms with van der Waals surface area (Å²) in [4.78, 5) is 2.14. The molecule has 4 heteroatoms. The van der Waals surface area contributed by atoms with Crippen molar-refractivity contribution in [3.8, 4) is 11.1 Å². The van der Waals surface area contributed by atoms with E-state index in [0.717, 1.165) is 49.4 Å². The molecule has 0 bridgehead atoms. The van der Waals surface area contributed by atoms with Crippen LogP contribution < -0.4 is 10.2 Å². The number of para-hydroxylation sites is 2. The second-order valence-corrected chi connectivity index (χ2v) is 8.86. The number of halogens is 1. The highest BCUT2D eigenvalue weighted by Crippen LogP contribution is 2.49. The number of benzene rings is 4. The molecular weight excluding hydrogens is 448 g/mol. The van der Waals surface area contributed by atoms with Crippen LogP contribution in [0, 0.1) is 6.92 Å². The Morgan fingerprint density at radius 2 is 1.52 bits per heavy atom. The Morgan fingerprint density at radius 3 is 2.32 bits per heavy atom. The Bertz CT molecular complexity index is 1270. The Balaban J connectivity index is 1.85. The van der Waals surface area contributed by atoms with E-state index in [-0.39, 0.29) is 0 Å². The van der Waals surface area contributed by atoms with Gasteiger partial charge in [-0.3, -0.25) is 0 Å². The fourth-order valence-electron chi connectivity index (χ4n) is 4.59. The molecular formula is C27H23BrN2O. The van der Waals surface area contributed by atoms with Gasteiger partial charge in [0.05, 0.1) is 17.1 Å². The first-order chi connectivity index (χ1) is 15.0. The maximum atomic E-state index is 12.5. The molecule has 0 saturated carbocycles. The lowest BCUT2D eigenvalue weighted by Crippen LogP contribution is -2.37. The van der Waals surface area contributed by atoms with Gasteiger partial charge < -0.3 is 15.3 Å². The second-order valence-electron chi connectivity index (χ2n) is 7.94. The van der Waals surface area contributed by atoms with Crippen LogP contribution in [0.25, 0.3) is 11.1 Å². The minimum absolute atomic E-state index is 0.818. The van der Waals surface area contributed by atoms with Crippen molar-refractivity contribution in [1.29, 1.82) is 0 Å². The van der Waals surface area contributed by atoms with Gasteiger partial charge in [-0.25, -0.2) is 0 Å². The number of hydrogen-bond acceptors (Lipinski definition) is 3. The summed E-state index contributed by atoms with van der Waals surface area (Å²) >= 11 is 3.65. The van der Waals surface area contributed by atoms with Gasteiger partial charge in [-0.05, 0) is 47.9 Å². The predicted octanol–water partition coefficient (Wildman–Crippen LogP) is 6.81. The monoisotopic (exact) mass is 470 g/mol. The van der Waals surface area contributed by atoms with Gasteiger partial charge in [0, 0.05) is 22.6 Å². The topological polar surface area (TPSA) is 35.5 Å². The molecule has 1 aliphatic heterocycles. The fraction of sp³-hybridized carbons (Fsp3) is 0.111. The predicted molar refractivity (Wildman–Crippen MR) is 132 cm³/mol. The van der Waals surface area contributed by atoms with Crippen molar-refractivity contribution in [2.24, 2.45) is 0 Å². The summed E-state index contributed by atoms with van der Waals surface area (Å²) in [5.41, 5.74) is 6.14. The van der Waals surface area contributed by atoms with Crippen molar-refractivity contribution >= 4 is 33.0 Å². The van der Waals surface area contributed by atoms with Gasteiger partial charge in [0.2, 0.25) is 0 Å². The Morgan fingerprint density at radius 1 is 0.839 bits per heavy atom. The van der Waals surface area contributed by atoms with Crippen LogP contribution in [0.1, 0.15) is 16.7 Å². The van der Waals surface area contributed by atoms with Crippen molar-refractivity contribution in [1.82, 2.24) is 0 Å². The summed E-state index contributed by atoms with van der Waals surface area (Å²) in [6.07, 6.45) is 0. The minimum Gasteiger partial charge on any atom is -0.363 e. The molecule has 0 spiro atoms. The molecule has 0 aromatic heterocycles. The lowest BCUT2D eigenvalue weighted by Gasteiger charge is -2.34. The lowest BCUT2D eigenvalue weighted by atomic mass is 9.85. The highest BCUT2D eigenvalue weighted by atomic mass is 79.9. The molecule has 0 saturated heterocycles. The van der Waals surface area contributed by atoms with Crippen LogP contribution in [-0.2, 0) is 5.72 Å². The first kappa shape index (κ1) is 19.9. The maximum absolute atomic E-state index is 12.5. The molecule has 3 nitrogen and oxygen atoms in total. The number of rotatable bonds is 2. The largest absolute Gasteiger partial charge is 0.363 e. The van der Waals surface area contributed by atoms with Crippen LogP contribution in [-0.4, -0.2) is 12.2 Å². The van der Waals surface area contributed by atoms with E-state index in [1.54, 1.807) is 0 Å². The van der Waals surface area contributed by atoms with Crippen LogP contribution in [0.5, 0.6) is 0 Å². The molecule has 4 aromatic rings. The van der Waals surface area contributed by atoms with E-state index in [2.05, 4.69) is 62.5 Å². The molecule has 0 fully saturated rings. The summed E-state index contributed by atoms with van der Waals surface area (Å²) in [6.45, 7) is 2.05. The van der Waals surface area contributed by atoms with Crippen molar-refractivity contribution in [3.05, 3.63) is 112 Å². The van der Waals surface area contributed by atoms with E-state index in [1.807, 2.05) is 68.6 Å². The van der Waals surface area contributed by atoms with Gasteiger partial charge in [-0.2, -0.15) is 0 Å². The van der Waals surface area contributed by atoms with E-state index in [1.165, 1.54) is 0 Å². The first-order valence-electron chi connectivity index (χ1n) is 10.3. The molecule has 1 aliphatic rings. The van der Waals surface area contributed by atoms with Gasteiger partial charge in [-0.1, -0.05) is 82.7 Å². The van der Waals surface area contributed by atoms with Gasteiger partial charge in [0.1, 0.15) is 0 Å². The molecule has 1 atom stereocenters. The van der Waals surface area contributed by atoms with E-state index in [9.17, 15) is 5.11 Å². The van der Waals surface area contributed by atoms with Crippen molar-refractivity contribution < 1.29 is 5.11 Å². The summed E-state index contributed by atoms with van der Waals surface area (Å²) in [5.74, 6) is 0. The Kier molecular flexibility index (Phi) is 4.84. The molecule has 0 amide bonds. The Hall–Kier alpha value is -3.08. The second kappa shape index (κ2) is 7.56. The standard InChI is InChI=1S/C27H23BrN2O/c1-18-16-20(28)17-25-26(18)27(31,29-23-14-8-9-15-24(23)30(25)2)22-13-7-6-12-21(22)19-10-4-3-5-11-19/h3-17,29,31H,1-2H3. The van der Waals surface area contributed by atoms with Gasteiger partial charge in [0.15, 0.2) is 5.72 Å². The summed E-state index contributed by atoms with van der Waals surface area (Å²) in [5, 5.41) is 16.0. The number of fused-ring (bicyclic) bond motifs is 2. The van der Waals surface area contributed by atoms with Crippen molar-refractivity contribution in [2.45, 2.75) is 12.6 Å². The van der Waals surface area contributed by atoms with Crippen LogP contribution in [0.15, 0.2) is 95.5 Å². The number of anilines is 3.